The van der Waals surface area contributed by atoms with Gasteiger partial charge in [-0.3, -0.25) is 9.69 Å². The molecule has 31 heavy (non-hydrogen) atoms. The molecule has 0 spiro atoms. The number of halogens is 1. The third kappa shape index (κ3) is 4.39. The molecule has 0 unspecified atom stereocenters. The molecule has 5 nitrogen and oxygen atoms in total. The molecule has 1 aromatic rings. The van der Waals surface area contributed by atoms with Gasteiger partial charge in [0, 0.05) is 13.1 Å². The zero-order valence-electron chi connectivity index (χ0n) is 19.0. The van der Waals surface area contributed by atoms with Crippen LogP contribution in [0.3, 0.4) is 0 Å². The van der Waals surface area contributed by atoms with Crippen molar-refractivity contribution >= 4 is 12.0 Å². The number of hydrogen-bond donors (Lipinski definition) is 0. The summed E-state index contributed by atoms with van der Waals surface area (Å²) in [4.78, 5) is 30.2. The van der Waals surface area contributed by atoms with Gasteiger partial charge < -0.3 is 9.64 Å². The summed E-state index contributed by atoms with van der Waals surface area (Å²) in [6.45, 7) is 15.8. The lowest BCUT2D eigenvalue weighted by molar-refractivity contribution is -0.139. The highest BCUT2D eigenvalue weighted by Gasteiger charge is 2.56. The summed E-state index contributed by atoms with van der Waals surface area (Å²) >= 11 is 0. The van der Waals surface area contributed by atoms with E-state index < -0.39 is 23.2 Å². The predicted molar refractivity (Wildman–Crippen MR) is 119 cm³/mol. The highest BCUT2D eigenvalue weighted by Crippen LogP contribution is 2.49. The standard InChI is InChI=1S/C25H33FN2O3/c1-7-11-25(12-8-2)16-20-21(19-10-9-18(26)15-17(19)3)28(14-13-27(20)22(25)29)23(30)31-24(4,5)6/h7-10,15,20-21H,1-2,11-14,16H2,3-6H3/t20-,21-/m0/s1. The fraction of sp³-hybridized carbons (Fsp3) is 0.520. The zero-order valence-corrected chi connectivity index (χ0v) is 19.0. The largest absolute Gasteiger partial charge is 0.444 e. The zero-order chi connectivity index (χ0) is 23.0. The van der Waals surface area contributed by atoms with Crippen LogP contribution in [0.15, 0.2) is 43.5 Å². The number of aryl methyl sites for hydroxylation is 1. The first-order valence-corrected chi connectivity index (χ1v) is 10.8. The smallest absolute Gasteiger partial charge is 0.410 e. The van der Waals surface area contributed by atoms with Crippen molar-refractivity contribution in [2.24, 2.45) is 5.41 Å². The molecule has 2 fully saturated rings. The van der Waals surface area contributed by atoms with Crippen LogP contribution in [0.5, 0.6) is 0 Å². The number of nitrogens with zero attached hydrogens (tertiary/aromatic N) is 2. The molecular formula is C25H33FN2O3. The summed E-state index contributed by atoms with van der Waals surface area (Å²) in [5.41, 5.74) is 0.336. The molecule has 1 aromatic carbocycles. The maximum atomic E-state index is 13.9. The summed E-state index contributed by atoms with van der Waals surface area (Å²) in [7, 11) is 0. The number of ether oxygens (including phenoxy) is 1. The maximum absolute atomic E-state index is 13.9. The van der Waals surface area contributed by atoms with Crippen LogP contribution in [-0.4, -0.2) is 46.5 Å². The number of amides is 2. The molecule has 2 aliphatic heterocycles. The average Bonchev–Trinajstić information content (AvgIpc) is 2.93. The molecule has 2 atom stereocenters. The van der Waals surface area contributed by atoms with Gasteiger partial charge in [0.1, 0.15) is 11.4 Å². The molecule has 2 amide bonds. The molecule has 2 saturated heterocycles. The number of benzene rings is 1. The van der Waals surface area contributed by atoms with Crippen LogP contribution in [0.1, 0.15) is 57.2 Å². The number of carbonyl (C=O) groups is 2. The summed E-state index contributed by atoms with van der Waals surface area (Å²) in [6.07, 6.45) is 4.81. The summed E-state index contributed by atoms with van der Waals surface area (Å²) in [6, 6.07) is 3.97. The summed E-state index contributed by atoms with van der Waals surface area (Å²) < 4.78 is 19.5. The van der Waals surface area contributed by atoms with E-state index in [4.69, 9.17) is 4.74 Å². The van der Waals surface area contributed by atoms with Crippen LogP contribution in [0.4, 0.5) is 9.18 Å². The maximum Gasteiger partial charge on any atom is 0.410 e. The number of piperazine rings is 1. The Morgan fingerprint density at radius 3 is 2.45 bits per heavy atom. The average molecular weight is 429 g/mol. The molecule has 0 bridgehead atoms. The van der Waals surface area contributed by atoms with Gasteiger partial charge in [0.2, 0.25) is 5.91 Å². The second kappa shape index (κ2) is 8.48. The van der Waals surface area contributed by atoms with Gasteiger partial charge >= 0.3 is 6.09 Å². The van der Waals surface area contributed by atoms with E-state index in [-0.39, 0.29) is 17.8 Å². The van der Waals surface area contributed by atoms with E-state index in [0.717, 1.165) is 11.1 Å². The minimum absolute atomic E-state index is 0.0749. The Hall–Kier alpha value is -2.63. The third-order valence-electron chi connectivity index (χ3n) is 6.25. The van der Waals surface area contributed by atoms with Crippen LogP contribution in [-0.2, 0) is 9.53 Å². The fourth-order valence-corrected chi connectivity index (χ4v) is 5.01. The quantitative estimate of drug-likeness (QED) is 0.608. The monoisotopic (exact) mass is 428 g/mol. The Bertz CT molecular complexity index is 879. The second-order valence-corrected chi connectivity index (χ2v) is 9.66. The number of carbonyl (C=O) groups excluding carboxylic acids is 2. The fourth-order valence-electron chi connectivity index (χ4n) is 5.01. The molecule has 6 heteroatoms. The van der Waals surface area contributed by atoms with Gasteiger partial charge in [-0.05, 0) is 70.2 Å². The second-order valence-electron chi connectivity index (χ2n) is 9.66. The number of fused-ring (bicyclic) bond motifs is 1. The van der Waals surface area contributed by atoms with E-state index in [1.807, 2.05) is 32.6 Å². The third-order valence-corrected chi connectivity index (χ3v) is 6.25. The Kier molecular flexibility index (Phi) is 6.30. The Morgan fingerprint density at radius 1 is 1.26 bits per heavy atom. The van der Waals surface area contributed by atoms with Gasteiger partial charge in [-0.25, -0.2) is 9.18 Å². The highest BCUT2D eigenvalue weighted by molar-refractivity contribution is 5.86. The molecule has 0 aromatic heterocycles. The van der Waals surface area contributed by atoms with E-state index in [1.165, 1.54) is 12.1 Å². The van der Waals surface area contributed by atoms with Crippen molar-refractivity contribution in [1.82, 2.24) is 9.80 Å². The molecule has 0 aliphatic carbocycles. The van der Waals surface area contributed by atoms with Gasteiger partial charge in [-0.15, -0.1) is 13.2 Å². The van der Waals surface area contributed by atoms with Crippen LogP contribution in [0.2, 0.25) is 0 Å². The van der Waals surface area contributed by atoms with Crippen molar-refractivity contribution in [2.45, 2.75) is 64.6 Å². The molecule has 0 saturated carbocycles. The van der Waals surface area contributed by atoms with Crippen LogP contribution >= 0.6 is 0 Å². The Balaban J connectivity index is 2.07. The first-order chi connectivity index (χ1) is 14.5. The van der Waals surface area contributed by atoms with Crippen molar-refractivity contribution < 1.29 is 18.7 Å². The molecule has 2 aliphatic rings. The molecular weight excluding hydrogens is 395 g/mol. The van der Waals surface area contributed by atoms with Crippen LogP contribution < -0.4 is 0 Å². The molecule has 3 rings (SSSR count). The van der Waals surface area contributed by atoms with E-state index in [1.54, 1.807) is 23.1 Å². The Morgan fingerprint density at radius 2 is 1.90 bits per heavy atom. The van der Waals surface area contributed by atoms with Gasteiger partial charge in [-0.1, -0.05) is 18.2 Å². The van der Waals surface area contributed by atoms with Gasteiger partial charge in [-0.2, -0.15) is 0 Å². The molecule has 168 valence electrons. The van der Waals surface area contributed by atoms with Crippen molar-refractivity contribution in [2.75, 3.05) is 13.1 Å². The Labute approximate surface area is 184 Å². The van der Waals surface area contributed by atoms with Gasteiger partial charge in [0.25, 0.3) is 0 Å². The van der Waals surface area contributed by atoms with E-state index in [2.05, 4.69) is 13.2 Å². The van der Waals surface area contributed by atoms with Gasteiger partial charge in [0.15, 0.2) is 0 Å². The first kappa shape index (κ1) is 23.0. The summed E-state index contributed by atoms with van der Waals surface area (Å²) in [5, 5.41) is 0. The molecule has 2 heterocycles. The number of allylic oxidation sites excluding steroid dienone is 2. The molecule has 0 N–H and O–H groups in total. The predicted octanol–water partition coefficient (Wildman–Crippen LogP) is 5.17. The van der Waals surface area contributed by atoms with E-state index in [0.29, 0.717) is 32.4 Å². The minimum Gasteiger partial charge on any atom is -0.444 e. The lowest BCUT2D eigenvalue weighted by Gasteiger charge is -2.45. The minimum atomic E-state index is -0.641. The van der Waals surface area contributed by atoms with Crippen molar-refractivity contribution in [3.05, 3.63) is 60.5 Å². The van der Waals surface area contributed by atoms with Crippen LogP contribution in [0, 0.1) is 18.2 Å². The topological polar surface area (TPSA) is 49.9 Å². The lowest BCUT2D eigenvalue weighted by Crippen LogP contribution is -2.56. The molecule has 0 radical (unpaired) electrons. The van der Waals surface area contributed by atoms with Crippen molar-refractivity contribution in [3.63, 3.8) is 0 Å². The van der Waals surface area contributed by atoms with Crippen LogP contribution in [0.25, 0.3) is 0 Å². The number of rotatable bonds is 5. The highest BCUT2D eigenvalue weighted by atomic mass is 19.1. The first-order valence-electron chi connectivity index (χ1n) is 10.8. The van der Waals surface area contributed by atoms with E-state index >= 15 is 0 Å². The van der Waals surface area contributed by atoms with E-state index in [9.17, 15) is 14.0 Å². The van der Waals surface area contributed by atoms with Crippen molar-refractivity contribution in [1.29, 1.82) is 0 Å². The van der Waals surface area contributed by atoms with Gasteiger partial charge in [0.05, 0.1) is 17.5 Å². The lowest BCUT2D eigenvalue weighted by atomic mass is 9.76. The van der Waals surface area contributed by atoms with Crippen molar-refractivity contribution in [3.8, 4) is 0 Å². The normalized spacial score (nSPS) is 22.8. The summed E-state index contributed by atoms with van der Waals surface area (Å²) in [5.74, 6) is -0.251. The number of hydrogen-bond acceptors (Lipinski definition) is 3. The SMILES string of the molecule is C=CCC1(CC=C)C[C@H]2[C@H](c3ccc(F)cc3C)N(C(=O)OC(C)(C)C)CCN2C1=O.